The standard InChI is InChI=1S/C24H23ClFN5O/c25-17-6-7-19-21(14-17)27-9-8-22(19)29-10-12-30(13-11-29)24(32)20-16-28-31(23(20)15-26)18-4-2-1-3-5-18/h1-9,14,16,21,27H,10-13,15H2. The molecule has 0 spiro atoms. The molecular weight excluding hydrogens is 429 g/mol. The average molecular weight is 452 g/mol. The maximum atomic E-state index is 13.9. The van der Waals surface area contributed by atoms with Gasteiger partial charge in [0.1, 0.15) is 6.67 Å². The van der Waals surface area contributed by atoms with Crippen molar-refractivity contribution in [2.75, 3.05) is 26.2 Å². The summed E-state index contributed by atoms with van der Waals surface area (Å²) in [4.78, 5) is 17.3. The fourth-order valence-corrected chi connectivity index (χ4v) is 4.56. The highest BCUT2D eigenvalue weighted by molar-refractivity contribution is 6.31. The van der Waals surface area contributed by atoms with Gasteiger partial charge in [-0.1, -0.05) is 35.9 Å². The summed E-state index contributed by atoms with van der Waals surface area (Å²) >= 11 is 6.14. The van der Waals surface area contributed by atoms with Gasteiger partial charge < -0.3 is 15.1 Å². The number of nitrogens with one attached hydrogen (secondary N) is 1. The number of para-hydroxylation sites is 1. The van der Waals surface area contributed by atoms with E-state index in [0.29, 0.717) is 31.7 Å². The maximum absolute atomic E-state index is 13.9. The number of carbonyl (C=O) groups excluding carboxylic acids is 1. The number of amides is 1. The smallest absolute Gasteiger partial charge is 0.257 e. The number of fused-ring (bicyclic) bond motifs is 1. The molecule has 8 heteroatoms. The monoisotopic (exact) mass is 451 g/mol. The van der Waals surface area contributed by atoms with E-state index in [1.165, 1.54) is 16.5 Å². The predicted molar refractivity (Wildman–Crippen MR) is 122 cm³/mol. The molecule has 164 valence electrons. The number of alkyl halides is 1. The zero-order valence-corrected chi connectivity index (χ0v) is 18.2. The minimum atomic E-state index is -0.756. The van der Waals surface area contributed by atoms with Crippen molar-refractivity contribution in [2.45, 2.75) is 12.7 Å². The maximum Gasteiger partial charge on any atom is 0.257 e. The van der Waals surface area contributed by atoms with Crippen LogP contribution in [0.3, 0.4) is 0 Å². The molecule has 1 aliphatic carbocycles. The molecule has 1 aromatic heterocycles. The minimum absolute atomic E-state index is 0.0584. The Labute approximate surface area is 190 Å². The van der Waals surface area contributed by atoms with E-state index >= 15 is 0 Å². The molecule has 5 rings (SSSR count). The number of hydrogen-bond acceptors (Lipinski definition) is 4. The molecule has 0 saturated carbocycles. The SMILES string of the molecule is O=C(c1cnn(-c2ccccc2)c1CF)N1CCN(C2=C3C=CC(Cl)=CC3NC=C2)CC1. The van der Waals surface area contributed by atoms with Crippen LogP contribution < -0.4 is 5.32 Å². The van der Waals surface area contributed by atoms with Crippen LogP contribution in [-0.2, 0) is 6.67 Å². The highest BCUT2D eigenvalue weighted by Crippen LogP contribution is 2.28. The van der Waals surface area contributed by atoms with E-state index in [-0.39, 0.29) is 17.6 Å². The number of dihydropyridines is 1. The third-order valence-electron chi connectivity index (χ3n) is 6.03. The van der Waals surface area contributed by atoms with Gasteiger partial charge in [-0.05, 0) is 36.6 Å². The van der Waals surface area contributed by atoms with E-state index in [4.69, 9.17) is 11.6 Å². The number of nitrogens with zero attached hydrogens (tertiary/aromatic N) is 4. The quantitative estimate of drug-likeness (QED) is 0.772. The van der Waals surface area contributed by atoms with Gasteiger partial charge in [0.05, 0.1) is 29.2 Å². The molecule has 0 bridgehead atoms. The molecule has 1 fully saturated rings. The molecule has 1 aromatic carbocycles. The lowest BCUT2D eigenvalue weighted by Gasteiger charge is -2.39. The summed E-state index contributed by atoms with van der Waals surface area (Å²) in [5.74, 6) is -0.178. The van der Waals surface area contributed by atoms with Gasteiger partial charge in [-0.15, -0.1) is 0 Å². The van der Waals surface area contributed by atoms with Crippen LogP contribution in [0.1, 0.15) is 16.1 Å². The van der Waals surface area contributed by atoms with Gasteiger partial charge in [-0.25, -0.2) is 9.07 Å². The van der Waals surface area contributed by atoms with E-state index in [2.05, 4.69) is 21.4 Å². The minimum Gasteiger partial charge on any atom is -0.380 e. The predicted octanol–water partition coefficient (Wildman–Crippen LogP) is 3.53. The molecule has 1 N–H and O–H groups in total. The number of piperazine rings is 1. The van der Waals surface area contributed by atoms with Gasteiger partial charge in [0.2, 0.25) is 0 Å². The summed E-state index contributed by atoms with van der Waals surface area (Å²) in [6, 6.07) is 9.35. The lowest BCUT2D eigenvalue weighted by atomic mass is 9.96. The Morgan fingerprint density at radius 3 is 2.66 bits per heavy atom. The summed E-state index contributed by atoms with van der Waals surface area (Å²) in [6.07, 6.45) is 11.4. The van der Waals surface area contributed by atoms with Crippen molar-refractivity contribution in [3.8, 4) is 5.69 Å². The number of benzene rings is 1. The molecule has 3 aliphatic rings. The molecular formula is C24H23ClFN5O. The van der Waals surface area contributed by atoms with E-state index in [1.807, 2.05) is 54.8 Å². The van der Waals surface area contributed by atoms with Crippen molar-refractivity contribution in [3.63, 3.8) is 0 Å². The fraction of sp³-hybridized carbons (Fsp3) is 0.250. The number of carbonyl (C=O) groups is 1. The molecule has 2 aromatic rings. The molecule has 32 heavy (non-hydrogen) atoms. The Kier molecular flexibility index (Phi) is 5.57. The zero-order chi connectivity index (χ0) is 22.1. The molecule has 1 atom stereocenters. The first-order valence-corrected chi connectivity index (χ1v) is 11.0. The van der Waals surface area contributed by atoms with Crippen LogP contribution in [0.4, 0.5) is 4.39 Å². The Balaban J connectivity index is 1.31. The number of aromatic nitrogens is 2. The average Bonchev–Trinajstić information content (AvgIpc) is 3.28. The molecule has 1 amide bonds. The van der Waals surface area contributed by atoms with Crippen molar-refractivity contribution >= 4 is 17.5 Å². The van der Waals surface area contributed by atoms with Crippen LogP contribution >= 0.6 is 11.6 Å². The second kappa shape index (κ2) is 8.67. The lowest BCUT2D eigenvalue weighted by molar-refractivity contribution is 0.0669. The third-order valence-corrected chi connectivity index (χ3v) is 6.28. The van der Waals surface area contributed by atoms with Gasteiger partial charge in [-0.2, -0.15) is 5.10 Å². The first-order valence-electron chi connectivity index (χ1n) is 10.6. The third kappa shape index (κ3) is 3.73. The van der Waals surface area contributed by atoms with Gasteiger partial charge in [0, 0.05) is 42.5 Å². The van der Waals surface area contributed by atoms with Crippen LogP contribution in [0.5, 0.6) is 0 Å². The Morgan fingerprint density at radius 2 is 1.91 bits per heavy atom. The number of halogens is 2. The molecule has 0 radical (unpaired) electrons. The van der Waals surface area contributed by atoms with Gasteiger partial charge in [0.15, 0.2) is 0 Å². The van der Waals surface area contributed by atoms with E-state index in [9.17, 15) is 9.18 Å². The zero-order valence-electron chi connectivity index (χ0n) is 17.4. The van der Waals surface area contributed by atoms with Gasteiger partial charge in [-0.3, -0.25) is 4.79 Å². The molecule has 6 nitrogen and oxygen atoms in total. The van der Waals surface area contributed by atoms with Crippen molar-refractivity contribution in [3.05, 3.63) is 94.6 Å². The second-order valence-corrected chi connectivity index (χ2v) is 8.30. The highest BCUT2D eigenvalue weighted by atomic mass is 35.5. The number of hydrogen-bond donors (Lipinski definition) is 1. The summed E-state index contributed by atoms with van der Waals surface area (Å²) in [5, 5.41) is 8.31. The Hall–Kier alpha value is -3.32. The fourth-order valence-electron chi connectivity index (χ4n) is 4.37. The van der Waals surface area contributed by atoms with Crippen LogP contribution in [-0.4, -0.2) is 57.7 Å². The molecule has 2 aliphatic heterocycles. The van der Waals surface area contributed by atoms with Crippen LogP contribution in [0, 0.1) is 0 Å². The summed E-state index contributed by atoms with van der Waals surface area (Å²) in [5.41, 5.74) is 3.65. The molecule has 1 unspecified atom stereocenters. The van der Waals surface area contributed by atoms with Gasteiger partial charge >= 0.3 is 0 Å². The summed E-state index contributed by atoms with van der Waals surface area (Å²) < 4.78 is 15.4. The summed E-state index contributed by atoms with van der Waals surface area (Å²) in [7, 11) is 0. The van der Waals surface area contributed by atoms with Crippen LogP contribution in [0.25, 0.3) is 5.69 Å². The number of rotatable bonds is 4. The van der Waals surface area contributed by atoms with Crippen LogP contribution in [0.15, 0.2) is 83.3 Å². The van der Waals surface area contributed by atoms with Crippen molar-refractivity contribution in [1.82, 2.24) is 24.9 Å². The second-order valence-electron chi connectivity index (χ2n) is 7.87. The van der Waals surface area contributed by atoms with Crippen molar-refractivity contribution in [2.24, 2.45) is 0 Å². The molecule has 3 heterocycles. The largest absolute Gasteiger partial charge is 0.380 e. The van der Waals surface area contributed by atoms with Crippen molar-refractivity contribution < 1.29 is 9.18 Å². The molecule has 1 saturated heterocycles. The summed E-state index contributed by atoms with van der Waals surface area (Å²) in [6.45, 7) is 1.76. The first kappa shape index (κ1) is 20.6. The van der Waals surface area contributed by atoms with E-state index in [0.717, 1.165) is 16.4 Å². The lowest BCUT2D eigenvalue weighted by Crippen LogP contribution is -2.49. The number of allylic oxidation sites excluding steroid dienone is 3. The Bertz CT molecular complexity index is 1140. The van der Waals surface area contributed by atoms with Gasteiger partial charge in [0.25, 0.3) is 5.91 Å². The van der Waals surface area contributed by atoms with Crippen LogP contribution in [0.2, 0.25) is 0 Å². The Morgan fingerprint density at radius 1 is 1.12 bits per heavy atom. The topological polar surface area (TPSA) is 53.4 Å². The highest BCUT2D eigenvalue weighted by Gasteiger charge is 2.29. The first-order chi connectivity index (χ1) is 15.7. The normalized spacial score (nSPS) is 20.2. The van der Waals surface area contributed by atoms with E-state index in [1.54, 1.807) is 4.90 Å². The van der Waals surface area contributed by atoms with Crippen molar-refractivity contribution in [1.29, 1.82) is 0 Å². The van der Waals surface area contributed by atoms with E-state index < -0.39 is 6.67 Å².